The molecule has 0 spiro atoms. The maximum Gasteiger partial charge on any atom is 0.180 e. The van der Waals surface area contributed by atoms with Gasteiger partial charge in [0.1, 0.15) is 5.92 Å². The first-order valence-electron chi connectivity index (χ1n) is 8.41. The normalized spacial score (nSPS) is 19.9. The second-order valence-corrected chi connectivity index (χ2v) is 6.32. The SMILES string of the molecule is COc1ccc(C2CC(=O)C(C(=O)c3ccccc3)C(=O)C2)cc1OC. The van der Waals surface area contributed by atoms with E-state index in [1.807, 2.05) is 6.07 Å². The Bertz CT molecular complexity index is 823. The Labute approximate surface area is 151 Å². The fraction of sp³-hybridized carbons (Fsp3) is 0.286. The Balaban J connectivity index is 1.82. The third-order valence-electron chi connectivity index (χ3n) is 4.74. The van der Waals surface area contributed by atoms with Crippen LogP contribution in [0.3, 0.4) is 0 Å². The second-order valence-electron chi connectivity index (χ2n) is 6.32. The van der Waals surface area contributed by atoms with Crippen LogP contribution in [0.5, 0.6) is 11.5 Å². The van der Waals surface area contributed by atoms with E-state index in [0.29, 0.717) is 17.1 Å². The van der Waals surface area contributed by atoms with Crippen LogP contribution in [-0.4, -0.2) is 31.6 Å². The Hall–Kier alpha value is -2.95. The van der Waals surface area contributed by atoms with E-state index in [0.717, 1.165) is 5.56 Å². The van der Waals surface area contributed by atoms with Crippen molar-refractivity contribution < 1.29 is 23.9 Å². The van der Waals surface area contributed by atoms with Gasteiger partial charge in [-0.25, -0.2) is 0 Å². The van der Waals surface area contributed by atoms with E-state index in [1.54, 1.807) is 49.6 Å². The smallest absolute Gasteiger partial charge is 0.180 e. The van der Waals surface area contributed by atoms with Gasteiger partial charge in [-0.1, -0.05) is 36.4 Å². The van der Waals surface area contributed by atoms with Crippen LogP contribution in [0.25, 0.3) is 0 Å². The number of carbonyl (C=O) groups is 3. The third-order valence-corrected chi connectivity index (χ3v) is 4.74. The molecule has 1 fully saturated rings. The molecule has 0 unspecified atom stereocenters. The summed E-state index contributed by atoms with van der Waals surface area (Å²) in [6, 6.07) is 13.8. The van der Waals surface area contributed by atoms with E-state index >= 15 is 0 Å². The molecule has 0 N–H and O–H groups in total. The molecule has 0 saturated heterocycles. The average Bonchev–Trinajstić information content (AvgIpc) is 2.67. The van der Waals surface area contributed by atoms with Crippen molar-refractivity contribution in [1.29, 1.82) is 0 Å². The van der Waals surface area contributed by atoms with Gasteiger partial charge in [0.2, 0.25) is 0 Å². The Morgan fingerprint density at radius 2 is 1.50 bits per heavy atom. The lowest BCUT2D eigenvalue weighted by molar-refractivity contribution is -0.133. The first kappa shape index (κ1) is 17.9. The quantitative estimate of drug-likeness (QED) is 0.610. The van der Waals surface area contributed by atoms with Crippen molar-refractivity contribution in [3.63, 3.8) is 0 Å². The summed E-state index contributed by atoms with van der Waals surface area (Å²) in [7, 11) is 3.08. The van der Waals surface area contributed by atoms with E-state index in [2.05, 4.69) is 0 Å². The summed E-state index contributed by atoms with van der Waals surface area (Å²) in [5.41, 5.74) is 1.22. The summed E-state index contributed by atoms with van der Waals surface area (Å²) >= 11 is 0. The molecule has 134 valence electrons. The summed E-state index contributed by atoms with van der Waals surface area (Å²) in [6.07, 6.45) is 0.314. The third kappa shape index (κ3) is 3.38. The van der Waals surface area contributed by atoms with E-state index < -0.39 is 11.7 Å². The van der Waals surface area contributed by atoms with Gasteiger partial charge in [-0.2, -0.15) is 0 Å². The standard InChI is InChI=1S/C21H20O5/c1-25-18-9-8-14(12-19(18)26-2)15-10-16(22)20(17(23)11-15)21(24)13-6-4-3-5-7-13/h3-9,12,15,20H,10-11H2,1-2H3. The van der Waals surface area contributed by atoms with Gasteiger partial charge in [0, 0.05) is 18.4 Å². The molecule has 0 aliphatic heterocycles. The van der Waals surface area contributed by atoms with E-state index in [1.165, 1.54) is 7.11 Å². The molecule has 5 nitrogen and oxygen atoms in total. The minimum absolute atomic E-state index is 0.157. The van der Waals surface area contributed by atoms with Crippen molar-refractivity contribution in [2.75, 3.05) is 14.2 Å². The van der Waals surface area contributed by atoms with Gasteiger partial charge < -0.3 is 9.47 Å². The van der Waals surface area contributed by atoms with Crippen LogP contribution in [-0.2, 0) is 9.59 Å². The maximum absolute atomic E-state index is 12.6. The predicted octanol–water partition coefficient (Wildman–Crippen LogP) is 3.22. The average molecular weight is 352 g/mol. The minimum Gasteiger partial charge on any atom is -0.493 e. The Morgan fingerprint density at radius 1 is 0.885 bits per heavy atom. The molecule has 0 amide bonds. The van der Waals surface area contributed by atoms with Gasteiger partial charge in [0.15, 0.2) is 28.8 Å². The van der Waals surface area contributed by atoms with Crippen molar-refractivity contribution in [2.24, 2.45) is 5.92 Å². The minimum atomic E-state index is -1.19. The molecule has 3 rings (SSSR count). The Morgan fingerprint density at radius 3 is 2.08 bits per heavy atom. The number of rotatable bonds is 5. The molecule has 0 radical (unpaired) electrons. The number of hydrogen-bond acceptors (Lipinski definition) is 5. The van der Waals surface area contributed by atoms with Crippen LogP contribution in [0.2, 0.25) is 0 Å². The van der Waals surface area contributed by atoms with Crippen LogP contribution >= 0.6 is 0 Å². The number of benzene rings is 2. The van der Waals surface area contributed by atoms with Gasteiger partial charge in [-0.15, -0.1) is 0 Å². The van der Waals surface area contributed by atoms with Crippen molar-refractivity contribution in [3.05, 3.63) is 59.7 Å². The molecule has 5 heteroatoms. The second kappa shape index (κ2) is 7.52. The van der Waals surface area contributed by atoms with Crippen LogP contribution in [0.4, 0.5) is 0 Å². The van der Waals surface area contributed by atoms with Crippen molar-refractivity contribution in [1.82, 2.24) is 0 Å². The zero-order chi connectivity index (χ0) is 18.7. The largest absolute Gasteiger partial charge is 0.493 e. The van der Waals surface area contributed by atoms with Crippen molar-refractivity contribution in [2.45, 2.75) is 18.8 Å². The van der Waals surface area contributed by atoms with Crippen molar-refractivity contribution in [3.8, 4) is 11.5 Å². The first-order chi connectivity index (χ1) is 12.5. The summed E-state index contributed by atoms with van der Waals surface area (Å²) in [5, 5.41) is 0. The number of ether oxygens (including phenoxy) is 2. The van der Waals surface area contributed by atoms with Crippen LogP contribution in [0.1, 0.15) is 34.7 Å². The molecule has 26 heavy (non-hydrogen) atoms. The molecule has 1 aliphatic rings. The van der Waals surface area contributed by atoms with E-state index in [-0.39, 0.29) is 30.3 Å². The van der Waals surface area contributed by atoms with Gasteiger partial charge in [-0.3, -0.25) is 14.4 Å². The van der Waals surface area contributed by atoms with Gasteiger partial charge in [-0.05, 0) is 23.6 Å². The molecule has 1 aliphatic carbocycles. The molecule has 2 aromatic carbocycles. The van der Waals surface area contributed by atoms with Gasteiger partial charge in [0.25, 0.3) is 0 Å². The molecule has 0 atom stereocenters. The summed E-state index contributed by atoms with van der Waals surface area (Å²) in [6.45, 7) is 0. The van der Waals surface area contributed by atoms with Gasteiger partial charge in [0.05, 0.1) is 14.2 Å². The maximum atomic E-state index is 12.6. The topological polar surface area (TPSA) is 69.7 Å². The Kier molecular flexibility index (Phi) is 5.16. The number of hydrogen-bond donors (Lipinski definition) is 0. The molecular weight excluding hydrogens is 332 g/mol. The summed E-state index contributed by atoms with van der Waals surface area (Å²) in [5.74, 6) is -1.37. The van der Waals surface area contributed by atoms with Crippen LogP contribution in [0.15, 0.2) is 48.5 Å². The monoisotopic (exact) mass is 352 g/mol. The lowest BCUT2D eigenvalue weighted by atomic mass is 9.74. The lowest BCUT2D eigenvalue weighted by Crippen LogP contribution is -2.38. The highest BCUT2D eigenvalue weighted by molar-refractivity contribution is 6.25. The molecule has 0 aromatic heterocycles. The molecule has 0 bridgehead atoms. The number of methoxy groups -OCH3 is 2. The fourth-order valence-corrected chi connectivity index (χ4v) is 3.38. The fourth-order valence-electron chi connectivity index (χ4n) is 3.38. The number of Topliss-reactive ketones (excluding diaryl/α,β-unsaturated/α-hetero) is 3. The van der Waals surface area contributed by atoms with Gasteiger partial charge >= 0.3 is 0 Å². The predicted molar refractivity (Wildman–Crippen MR) is 95.8 cm³/mol. The van der Waals surface area contributed by atoms with Crippen LogP contribution < -0.4 is 9.47 Å². The highest BCUT2D eigenvalue weighted by atomic mass is 16.5. The number of ketones is 3. The zero-order valence-corrected chi connectivity index (χ0v) is 14.7. The first-order valence-corrected chi connectivity index (χ1v) is 8.41. The summed E-state index contributed by atoms with van der Waals surface area (Å²) < 4.78 is 10.5. The zero-order valence-electron chi connectivity index (χ0n) is 14.7. The summed E-state index contributed by atoms with van der Waals surface area (Å²) in [4.78, 5) is 37.7. The molecular formula is C21H20O5. The molecule has 1 saturated carbocycles. The molecule has 2 aromatic rings. The number of carbonyl (C=O) groups excluding carboxylic acids is 3. The van der Waals surface area contributed by atoms with E-state index in [9.17, 15) is 14.4 Å². The van der Waals surface area contributed by atoms with Crippen LogP contribution in [0, 0.1) is 5.92 Å². The molecule has 0 heterocycles. The lowest BCUT2D eigenvalue weighted by Gasteiger charge is -2.26. The van der Waals surface area contributed by atoms with Crippen molar-refractivity contribution >= 4 is 17.3 Å². The van der Waals surface area contributed by atoms with E-state index in [4.69, 9.17) is 9.47 Å². The highest BCUT2D eigenvalue weighted by Gasteiger charge is 2.40. The highest BCUT2D eigenvalue weighted by Crippen LogP contribution is 2.37.